The number of aryl methyl sites for hydroxylation is 1. The standard InChI is InChI=1S/C18H16N4O2/c1-13-14(12-22(21-13)15-7-3-2-4-8-15)11-19-20-17-10-6-5-9-16(17)18(23)24/h2-12,20H,1H3,(H,23,24). The molecule has 0 saturated carbocycles. The highest BCUT2D eigenvalue weighted by Crippen LogP contribution is 2.15. The lowest BCUT2D eigenvalue weighted by Crippen LogP contribution is -2.02. The minimum absolute atomic E-state index is 0.173. The summed E-state index contributed by atoms with van der Waals surface area (Å²) in [5, 5.41) is 17.7. The van der Waals surface area contributed by atoms with Crippen molar-refractivity contribution < 1.29 is 9.90 Å². The van der Waals surface area contributed by atoms with Crippen molar-refractivity contribution in [1.82, 2.24) is 9.78 Å². The van der Waals surface area contributed by atoms with Gasteiger partial charge < -0.3 is 5.11 Å². The van der Waals surface area contributed by atoms with Crippen molar-refractivity contribution in [2.45, 2.75) is 6.92 Å². The van der Waals surface area contributed by atoms with Gasteiger partial charge in [-0.1, -0.05) is 30.3 Å². The fourth-order valence-electron chi connectivity index (χ4n) is 2.25. The van der Waals surface area contributed by atoms with E-state index in [2.05, 4.69) is 15.6 Å². The Morgan fingerprint density at radius 3 is 2.62 bits per heavy atom. The first-order valence-electron chi connectivity index (χ1n) is 7.38. The third kappa shape index (κ3) is 3.33. The average Bonchev–Trinajstić information content (AvgIpc) is 2.97. The van der Waals surface area contributed by atoms with E-state index in [4.69, 9.17) is 5.11 Å². The summed E-state index contributed by atoms with van der Waals surface area (Å²) in [5.74, 6) is -0.999. The van der Waals surface area contributed by atoms with Gasteiger partial charge in [0, 0.05) is 11.8 Å². The number of nitrogens with one attached hydrogen (secondary N) is 1. The van der Waals surface area contributed by atoms with Gasteiger partial charge in [0.1, 0.15) is 0 Å². The lowest BCUT2D eigenvalue weighted by Gasteiger charge is -2.03. The Kier molecular flexibility index (Phi) is 4.38. The summed E-state index contributed by atoms with van der Waals surface area (Å²) in [6.07, 6.45) is 3.50. The SMILES string of the molecule is Cc1nn(-c2ccccc2)cc1C=NNc1ccccc1C(=O)O. The van der Waals surface area contributed by atoms with E-state index in [9.17, 15) is 4.79 Å². The monoisotopic (exact) mass is 320 g/mol. The molecule has 3 aromatic rings. The second-order valence-corrected chi connectivity index (χ2v) is 5.17. The number of anilines is 1. The molecular formula is C18H16N4O2. The molecule has 6 nitrogen and oxygen atoms in total. The van der Waals surface area contributed by atoms with Gasteiger partial charge in [-0.3, -0.25) is 5.43 Å². The molecule has 3 rings (SSSR count). The summed E-state index contributed by atoms with van der Waals surface area (Å²) in [4.78, 5) is 11.2. The van der Waals surface area contributed by atoms with Gasteiger partial charge in [-0.25, -0.2) is 9.48 Å². The molecular weight excluding hydrogens is 304 g/mol. The van der Waals surface area contributed by atoms with Crippen molar-refractivity contribution in [3.05, 3.63) is 77.6 Å². The minimum Gasteiger partial charge on any atom is -0.478 e. The number of carboxylic acid groups (broad SMARTS) is 1. The molecule has 0 aliphatic heterocycles. The number of aromatic nitrogens is 2. The molecule has 0 fully saturated rings. The molecule has 0 spiro atoms. The van der Waals surface area contributed by atoms with E-state index in [1.165, 1.54) is 6.07 Å². The zero-order valence-electron chi connectivity index (χ0n) is 13.0. The molecule has 0 aliphatic carbocycles. The second kappa shape index (κ2) is 6.78. The van der Waals surface area contributed by atoms with Gasteiger partial charge in [-0.05, 0) is 31.2 Å². The van der Waals surface area contributed by atoms with Gasteiger partial charge in [0.2, 0.25) is 0 Å². The Morgan fingerprint density at radius 2 is 1.88 bits per heavy atom. The van der Waals surface area contributed by atoms with E-state index < -0.39 is 5.97 Å². The maximum Gasteiger partial charge on any atom is 0.337 e. The molecule has 0 aliphatic rings. The molecule has 1 heterocycles. The van der Waals surface area contributed by atoms with Crippen molar-refractivity contribution in [2.24, 2.45) is 5.10 Å². The van der Waals surface area contributed by atoms with Gasteiger partial charge in [-0.15, -0.1) is 0 Å². The molecule has 2 N–H and O–H groups in total. The third-order valence-electron chi connectivity index (χ3n) is 3.50. The van der Waals surface area contributed by atoms with Crippen molar-refractivity contribution >= 4 is 17.9 Å². The number of hydrazone groups is 1. The van der Waals surface area contributed by atoms with Crippen LogP contribution in [0, 0.1) is 6.92 Å². The fraction of sp³-hybridized carbons (Fsp3) is 0.0556. The predicted molar refractivity (Wildman–Crippen MR) is 92.9 cm³/mol. The van der Waals surface area contributed by atoms with Crippen molar-refractivity contribution in [2.75, 3.05) is 5.43 Å². The van der Waals surface area contributed by atoms with E-state index in [1.54, 1.807) is 29.1 Å². The normalized spacial score (nSPS) is 10.9. The molecule has 6 heteroatoms. The maximum absolute atomic E-state index is 11.2. The van der Waals surface area contributed by atoms with Crippen LogP contribution >= 0.6 is 0 Å². The number of rotatable bonds is 5. The van der Waals surface area contributed by atoms with Crippen LogP contribution in [0.1, 0.15) is 21.6 Å². The smallest absolute Gasteiger partial charge is 0.337 e. The van der Waals surface area contributed by atoms with E-state index in [-0.39, 0.29) is 5.56 Å². The van der Waals surface area contributed by atoms with Crippen LogP contribution in [0.5, 0.6) is 0 Å². The molecule has 0 saturated heterocycles. The van der Waals surface area contributed by atoms with E-state index in [0.717, 1.165) is 16.9 Å². The number of hydrogen-bond donors (Lipinski definition) is 2. The summed E-state index contributed by atoms with van der Waals surface area (Å²) < 4.78 is 1.78. The number of carbonyl (C=O) groups is 1. The highest BCUT2D eigenvalue weighted by atomic mass is 16.4. The molecule has 0 unspecified atom stereocenters. The van der Waals surface area contributed by atoms with Crippen LogP contribution < -0.4 is 5.43 Å². The first kappa shape index (κ1) is 15.5. The Morgan fingerprint density at radius 1 is 1.17 bits per heavy atom. The Labute approximate surface area is 139 Å². The van der Waals surface area contributed by atoms with Gasteiger partial charge in [-0.2, -0.15) is 10.2 Å². The maximum atomic E-state index is 11.2. The van der Waals surface area contributed by atoms with Crippen LogP contribution in [0.25, 0.3) is 5.69 Å². The van der Waals surface area contributed by atoms with E-state index in [0.29, 0.717) is 5.69 Å². The predicted octanol–water partition coefficient (Wildman–Crippen LogP) is 3.32. The van der Waals surface area contributed by atoms with Crippen LogP contribution in [0.3, 0.4) is 0 Å². The third-order valence-corrected chi connectivity index (χ3v) is 3.50. The summed E-state index contributed by atoms with van der Waals surface area (Å²) in [7, 11) is 0. The highest BCUT2D eigenvalue weighted by Gasteiger charge is 2.08. The molecule has 24 heavy (non-hydrogen) atoms. The molecule has 1 aromatic heterocycles. The molecule has 0 radical (unpaired) electrons. The van der Waals surface area contributed by atoms with Crippen molar-refractivity contribution in [3.63, 3.8) is 0 Å². The van der Waals surface area contributed by atoms with Crippen LogP contribution in [0.2, 0.25) is 0 Å². The van der Waals surface area contributed by atoms with Crippen molar-refractivity contribution in [3.8, 4) is 5.69 Å². The fourth-order valence-corrected chi connectivity index (χ4v) is 2.25. The number of carboxylic acids is 1. The molecule has 0 atom stereocenters. The van der Waals surface area contributed by atoms with Gasteiger partial charge in [0.05, 0.1) is 28.8 Å². The number of hydrogen-bond acceptors (Lipinski definition) is 4. The zero-order chi connectivity index (χ0) is 16.9. The second-order valence-electron chi connectivity index (χ2n) is 5.17. The van der Waals surface area contributed by atoms with Gasteiger partial charge >= 0.3 is 5.97 Å². The molecule has 120 valence electrons. The average molecular weight is 320 g/mol. The quantitative estimate of drug-likeness (QED) is 0.558. The number of para-hydroxylation sites is 2. The summed E-state index contributed by atoms with van der Waals surface area (Å²) in [6, 6.07) is 16.4. The lowest BCUT2D eigenvalue weighted by molar-refractivity contribution is 0.0698. The number of nitrogens with zero attached hydrogens (tertiary/aromatic N) is 3. The Hall–Kier alpha value is -3.41. The first-order chi connectivity index (χ1) is 11.6. The van der Waals surface area contributed by atoms with E-state index in [1.807, 2.05) is 43.5 Å². The summed E-state index contributed by atoms with van der Waals surface area (Å²) in [5.41, 5.74) is 6.02. The largest absolute Gasteiger partial charge is 0.478 e. The van der Waals surface area contributed by atoms with Crippen LogP contribution in [0.15, 0.2) is 65.9 Å². The van der Waals surface area contributed by atoms with Crippen LogP contribution in [-0.2, 0) is 0 Å². The molecule has 2 aromatic carbocycles. The van der Waals surface area contributed by atoms with Crippen LogP contribution in [-0.4, -0.2) is 27.1 Å². The summed E-state index contributed by atoms with van der Waals surface area (Å²) in [6.45, 7) is 1.89. The zero-order valence-corrected chi connectivity index (χ0v) is 13.0. The minimum atomic E-state index is -0.999. The topological polar surface area (TPSA) is 79.5 Å². The first-order valence-corrected chi connectivity index (χ1v) is 7.38. The number of benzene rings is 2. The highest BCUT2D eigenvalue weighted by molar-refractivity contribution is 5.94. The summed E-state index contributed by atoms with van der Waals surface area (Å²) >= 11 is 0. The number of aromatic carboxylic acids is 1. The molecule has 0 amide bonds. The van der Waals surface area contributed by atoms with Crippen molar-refractivity contribution in [1.29, 1.82) is 0 Å². The van der Waals surface area contributed by atoms with Crippen LogP contribution in [0.4, 0.5) is 5.69 Å². The lowest BCUT2D eigenvalue weighted by atomic mass is 10.2. The van der Waals surface area contributed by atoms with Gasteiger partial charge in [0.15, 0.2) is 0 Å². The van der Waals surface area contributed by atoms with Gasteiger partial charge in [0.25, 0.3) is 0 Å². The molecule has 0 bridgehead atoms. The Bertz CT molecular complexity index is 885. The Balaban J connectivity index is 1.79. The van der Waals surface area contributed by atoms with E-state index >= 15 is 0 Å².